The molecule has 0 atom stereocenters. The van der Waals surface area contributed by atoms with E-state index in [-0.39, 0.29) is 6.71 Å². The Morgan fingerprint density at radius 3 is 1.57 bits per heavy atom. The van der Waals surface area contributed by atoms with Gasteiger partial charge in [0.25, 0.3) is 0 Å². The van der Waals surface area contributed by atoms with E-state index in [1.54, 1.807) is 0 Å². The normalized spacial score (nSPS) is 11.1. The Bertz CT molecular complexity index is 1470. The Labute approximate surface area is 222 Å². The first kappa shape index (κ1) is 24.8. The molecule has 1 aromatic heterocycles. The van der Waals surface area contributed by atoms with Gasteiger partial charge in [-0.05, 0) is 47.1 Å². The smallest absolute Gasteiger partial charge is 0.242 e. The molecule has 0 radical (unpaired) electrons. The predicted molar refractivity (Wildman–Crippen MR) is 160 cm³/mol. The average Bonchev–Trinajstić information content (AvgIpc) is 3.24. The van der Waals surface area contributed by atoms with Crippen LogP contribution in [0.15, 0.2) is 85.1 Å². The molecule has 0 aliphatic heterocycles. The molecule has 37 heavy (non-hydrogen) atoms. The van der Waals surface area contributed by atoms with Gasteiger partial charge in [0.15, 0.2) is 0 Å². The van der Waals surface area contributed by atoms with E-state index in [1.807, 2.05) is 12.3 Å². The lowest BCUT2D eigenvalue weighted by Crippen LogP contribution is -2.55. The summed E-state index contributed by atoms with van der Waals surface area (Å²) in [7, 11) is 2.10. The minimum absolute atomic E-state index is 0.182. The molecule has 1 heterocycles. The van der Waals surface area contributed by atoms with E-state index in [2.05, 4.69) is 126 Å². The largest absolute Gasteiger partial charge is 0.327 e. The molecule has 5 aromatic rings. The van der Waals surface area contributed by atoms with E-state index in [4.69, 9.17) is 4.98 Å². The van der Waals surface area contributed by atoms with Crippen LogP contribution in [0.2, 0.25) is 0 Å². The van der Waals surface area contributed by atoms with Crippen molar-refractivity contribution in [2.75, 3.05) is 0 Å². The minimum Gasteiger partial charge on any atom is -0.327 e. The summed E-state index contributed by atoms with van der Waals surface area (Å²) in [5.74, 6) is 0.981. The monoisotopic (exact) mass is 482 g/mol. The van der Waals surface area contributed by atoms with Crippen LogP contribution in [-0.2, 0) is 7.05 Å². The molecule has 2 nitrogen and oxygen atoms in total. The lowest BCUT2D eigenvalue weighted by atomic mass is 9.34. The van der Waals surface area contributed by atoms with Gasteiger partial charge in [0.1, 0.15) is 5.82 Å². The summed E-state index contributed by atoms with van der Waals surface area (Å²) in [5.41, 5.74) is 15.6. The summed E-state index contributed by atoms with van der Waals surface area (Å²) in [5, 5.41) is 0. The van der Waals surface area contributed by atoms with Crippen molar-refractivity contribution < 1.29 is 0 Å². The summed E-state index contributed by atoms with van der Waals surface area (Å²) in [6, 6.07) is 28.8. The second-order valence-corrected chi connectivity index (χ2v) is 10.6. The van der Waals surface area contributed by atoms with E-state index in [0.717, 1.165) is 17.1 Å². The molecule has 0 unspecified atom stereocenters. The zero-order valence-corrected chi connectivity index (χ0v) is 23.1. The summed E-state index contributed by atoms with van der Waals surface area (Å²) in [6.45, 7) is 13.6. The first-order valence-corrected chi connectivity index (χ1v) is 13.1. The molecule has 4 aromatic carbocycles. The first-order valence-electron chi connectivity index (χ1n) is 13.1. The van der Waals surface area contributed by atoms with Crippen molar-refractivity contribution in [1.82, 2.24) is 9.55 Å². The predicted octanol–water partition coefficient (Wildman–Crippen LogP) is 6.12. The molecule has 0 saturated carbocycles. The average molecular weight is 482 g/mol. The van der Waals surface area contributed by atoms with Crippen LogP contribution < -0.4 is 16.4 Å². The molecule has 0 aliphatic rings. The summed E-state index contributed by atoms with van der Waals surface area (Å²) in [6.07, 6.45) is 1.98. The summed E-state index contributed by atoms with van der Waals surface area (Å²) < 4.78 is 2.18. The summed E-state index contributed by atoms with van der Waals surface area (Å²) >= 11 is 0. The van der Waals surface area contributed by atoms with Crippen LogP contribution in [0.25, 0.3) is 22.6 Å². The zero-order chi connectivity index (χ0) is 26.3. The third-order valence-electron chi connectivity index (χ3n) is 7.61. The lowest BCUT2D eigenvalue weighted by molar-refractivity contribution is 0.933. The Kier molecular flexibility index (Phi) is 6.64. The Hall–Kier alpha value is -3.85. The van der Waals surface area contributed by atoms with Crippen LogP contribution in [0.3, 0.4) is 0 Å². The quantitative estimate of drug-likeness (QED) is 0.276. The minimum atomic E-state index is 0.182. The highest BCUT2D eigenvalue weighted by molar-refractivity contribution is 6.96. The summed E-state index contributed by atoms with van der Waals surface area (Å²) in [4.78, 5) is 4.74. The number of hydrogen-bond donors (Lipinski definition) is 0. The van der Waals surface area contributed by atoms with Gasteiger partial charge in [-0.15, -0.1) is 0 Å². The molecule has 0 fully saturated rings. The van der Waals surface area contributed by atoms with Gasteiger partial charge in [-0.25, -0.2) is 4.98 Å². The number of rotatable bonds is 5. The number of aryl methyl sites for hydroxylation is 6. The molecule has 0 N–H and O–H groups in total. The fourth-order valence-corrected chi connectivity index (χ4v) is 6.15. The van der Waals surface area contributed by atoms with Crippen molar-refractivity contribution in [3.63, 3.8) is 0 Å². The van der Waals surface area contributed by atoms with Gasteiger partial charge in [-0.3, -0.25) is 0 Å². The third-order valence-corrected chi connectivity index (χ3v) is 7.61. The van der Waals surface area contributed by atoms with Gasteiger partial charge in [0.05, 0.1) is 11.9 Å². The maximum atomic E-state index is 4.74. The maximum absolute atomic E-state index is 4.74. The maximum Gasteiger partial charge on any atom is 0.242 e. The molecular weight excluding hydrogens is 447 g/mol. The molecule has 5 rings (SSSR count). The SMILES string of the molecule is Cc1cc(C)c(B(c2ccc(-c3cnc(-c4ccccc4)n3C)cc2)c2c(C)cc(C)cc2C)c(C)c1. The Morgan fingerprint density at radius 2 is 1.08 bits per heavy atom. The molecule has 0 aliphatic carbocycles. The standard InChI is InChI=1S/C34H35BN2/c1-22-17-24(3)32(25(4)18-22)35(33-26(5)19-23(2)20-27(33)6)30-15-13-28(14-16-30)31-21-36-34(37(31)7)29-11-9-8-10-12-29/h8-21H,1-7H3. The van der Waals surface area contributed by atoms with Crippen LogP contribution in [0.1, 0.15) is 33.4 Å². The number of nitrogens with zero attached hydrogens (tertiary/aromatic N) is 2. The van der Waals surface area contributed by atoms with Crippen molar-refractivity contribution in [3.05, 3.63) is 118 Å². The molecule has 0 bridgehead atoms. The Morgan fingerprint density at radius 1 is 0.595 bits per heavy atom. The van der Waals surface area contributed by atoms with Crippen LogP contribution in [0.5, 0.6) is 0 Å². The molecular formula is C34H35BN2. The van der Waals surface area contributed by atoms with Crippen molar-refractivity contribution in [3.8, 4) is 22.6 Å². The number of hydrogen-bond acceptors (Lipinski definition) is 1. The first-order chi connectivity index (χ1) is 17.7. The molecule has 3 heteroatoms. The van der Waals surface area contributed by atoms with E-state index in [0.29, 0.717) is 0 Å². The van der Waals surface area contributed by atoms with Crippen LogP contribution in [0, 0.1) is 41.5 Å². The van der Waals surface area contributed by atoms with E-state index in [1.165, 1.54) is 55.3 Å². The Balaban J connectivity index is 1.63. The van der Waals surface area contributed by atoms with E-state index >= 15 is 0 Å². The lowest BCUT2D eigenvalue weighted by Gasteiger charge is -2.24. The second kappa shape index (κ2) is 9.90. The fourth-order valence-electron chi connectivity index (χ4n) is 6.15. The van der Waals surface area contributed by atoms with Crippen LogP contribution >= 0.6 is 0 Å². The van der Waals surface area contributed by atoms with Crippen molar-refractivity contribution in [1.29, 1.82) is 0 Å². The van der Waals surface area contributed by atoms with Gasteiger partial charge in [-0.1, -0.05) is 129 Å². The van der Waals surface area contributed by atoms with Crippen molar-refractivity contribution in [2.24, 2.45) is 7.05 Å². The van der Waals surface area contributed by atoms with Gasteiger partial charge >= 0.3 is 0 Å². The molecule has 0 amide bonds. The van der Waals surface area contributed by atoms with Gasteiger partial charge in [-0.2, -0.15) is 0 Å². The topological polar surface area (TPSA) is 17.8 Å². The van der Waals surface area contributed by atoms with Gasteiger partial charge in [0, 0.05) is 12.6 Å². The highest BCUT2D eigenvalue weighted by atomic mass is 15.1. The number of aromatic nitrogens is 2. The van der Waals surface area contributed by atoms with Gasteiger partial charge in [0.2, 0.25) is 6.71 Å². The number of benzene rings is 4. The van der Waals surface area contributed by atoms with Gasteiger partial charge < -0.3 is 4.57 Å². The van der Waals surface area contributed by atoms with Crippen molar-refractivity contribution in [2.45, 2.75) is 41.5 Å². The highest BCUT2D eigenvalue weighted by Crippen LogP contribution is 2.25. The third kappa shape index (κ3) is 4.67. The van der Waals surface area contributed by atoms with Crippen LogP contribution in [0.4, 0.5) is 0 Å². The molecule has 0 spiro atoms. The zero-order valence-electron chi connectivity index (χ0n) is 23.1. The highest BCUT2D eigenvalue weighted by Gasteiger charge is 2.28. The van der Waals surface area contributed by atoms with E-state index in [9.17, 15) is 0 Å². The second-order valence-electron chi connectivity index (χ2n) is 10.6. The van der Waals surface area contributed by atoms with Crippen molar-refractivity contribution >= 4 is 23.1 Å². The molecule has 184 valence electrons. The number of imidazole rings is 1. The molecule has 0 saturated heterocycles. The van der Waals surface area contributed by atoms with Crippen LogP contribution in [-0.4, -0.2) is 16.3 Å². The fraction of sp³-hybridized carbons (Fsp3) is 0.206. The van der Waals surface area contributed by atoms with E-state index < -0.39 is 0 Å².